The van der Waals surface area contributed by atoms with Gasteiger partial charge in [-0.05, 0) is 59.7 Å². The molecule has 0 amide bonds. The van der Waals surface area contributed by atoms with Crippen molar-refractivity contribution in [3.63, 3.8) is 0 Å². The molecule has 214 valence electrons. The van der Waals surface area contributed by atoms with Gasteiger partial charge in [0.25, 0.3) is 0 Å². The second kappa shape index (κ2) is 10.4. The minimum Gasteiger partial charge on any atom is -0.309 e. The van der Waals surface area contributed by atoms with Gasteiger partial charge in [0.1, 0.15) is 0 Å². The van der Waals surface area contributed by atoms with Crippen molar-refractivity contribution in [2.24, 2.45) is 0 Å². The van der Waals surface area contributed by atoms with Gasteiger partial charge in [-0.25, -0.2) is 0 Å². The highest BCUT2D eigenvalue weighted by molar-refractivity contribution is 6.11. The van der Waals surface area contributed by atoms with E-state index in [0.29, 0.717) is 5.56 Å². The first-order valence-electron chi connectivity index (χ1n) is 15.5. The summed E-state index contributed by atoms with van der Waals surface area (Å²) < 4.78 is 4.77. The highest BCUT2D eigenvalue weighted by Crippen LogP contribution is 2.44. The number of hydrogen-bond acceptors (Lipinski definition) is 1. The maximum Gasteiger partial charge on any atom is 0.0991 e. The van der Waals surface area contributed by atoms with Gasteiger partial charge in [-0.3, -0.25) is 0 Å². The van der Waals surface area contributed by atoms with Gasteiger partial charge in [0.2, 0.25) is 0 Å². The second-order valence-corrected chi connectivity index (χ2v) is 11.6. The Kier molecular flexibility index (Phi) is 5.88. The van der Waals surface area contributed by atoms with Gasteiger partial charge in [0.15, 0.2) is 0 Å². The number of fused-ring (bicyclic) bond motifs is 6. The maximum absolute atomic E-state index is 9.94. The van der Waals surface area contributed by atoms with E-state index < -0.39 is 0 Å². The molecule has 3 heteroatoms. The van der Waals surface area contributed by atoms with Gasteiger partial charge >= 0.3 is 0 Å². The Morgan fingerprint density at radius 3 is 1.39 bits per heavy atom. The van der Waals surface area contributed by atoms with Crippen molar-refractivity contribution in [1.82, 2.24) is 9.13 Å². The fraction of sp³-hybridized carbons (Fsp3) is 0. The van der Waals surface area contributed by atoms with E-state index in [1.165, 1.54) is 32.6 Å². The topological polar surface area (TPSA) is 33.6 Å². The van der Waals surface area contributed by atoms with Crippen LogP contribution < -0.4 is 0 Å². The van der Waals surface area contributed by atoms with Crippen LogP contribution in [-0.2, 0) is 0 Å². The molecule has 0 saturated carbocycles. The molecule has 9 rings (SSSR count). The van der Waals surface area contributed by atoms with Crippen LogP contribution in [0.3, 0.4) is 0 Å². The Morgan fingerprint density at radius 2 is 0.826 bits per heavy atom. The maximum atomic E-state index is 9.94. The van der Waals surface area contributed by atoms with Crippen molar-refractivity contribution in [2.45, 2.75) is 0 Å². The van der Waals surface area contributed by atoms with Crippen LogP contribution in [0.15, 0.2) is 164 Å². The summed E-state index contributed by atoms with van der Waals surface area (Å²) in [6.45, 7) is 0. The molecule has 0 N–H and O–H groups in total. The molecule has 9 aromatic rings. The van der Waals surface area contributed by atoms with Crippen LogP contribution in [0.4, 0.5) is 0 Å². The molecule has 0 saturated heterocycles. The number of benzene rings is 7. The Hall–Kier alpha value is -6.37. The van der Waals surface area contributed by atoms with Crippen LogP contribution in [0.1, 0.15) is 5.56 Å². The van der Waals surface area contributed by atoms with E-state index in [9.17, 15) is 5.26 Å². The van der Waals surface area contributed by atoms with Crippen LogP contribution in [0.25, 0.3) is 77.2 Å². The zero-order valence-electron chi connectivity index (χ0n) is 24.9. The lowest BCUT2D eigenvalue weighted by Gasteiger charge is -2.21. The molecule has 0 aliphatic heterocycles. The molecule has 0 atom stereocenters. The molecule has 0 fully saturated rings. The predicted molar refractivity (Wildman–Crippen MR) is 191 cm³/mol. The lowest BCUT2D eigenvalue weighted by molar-refractivity contribution is 1.17. The Balaban J connectivity index is 1.42. The van der Waals surface area contributed by atoms with Crippen molar-refractivity contribution in [2.75, 3.05) is 0 Å². The molecule has 0 unspecified atom stereocenters. The van der Waals surface area contributed by atoms with Gasteiger partial charge < -0.3 is 9.13 Å². The number of rotatable bonds is 4. The summed E-state index contributed by atoms with van der Waals surface area (Å²) in [7, 11) is 0. The second-order valence-electron chi connectivity index (χ2n) is 11.6. The summed E-state index contributed by atoms with van der Waals surface area (Å²) in [5, 5.41) is 14.8. The first-order valence-corrected chi connectivity index (χ1v) is 15.5. The van der Waals surface area contributed by atoms with Gasteiger partial charge in [0, 0.05) is 32.7 Å². The van der Waals surface area contributed by atoms with Crippen LogP contribution >= 0.6 is 0 Å². The van der Waals surface area contributed by atoms with Crippen LogP contribution in [0.5, 0.6) is 0 Å². The van der Waals surface area contributed by atoms with Gasteiger partial charge in [-0.15, -0.1) is 0 Å². The number of nitrogens with zero attached hydrogens (tertiary/aromatic N) is 3. The molecule has 0 spiro atoms. The van der Waals surface area contributed by atoms with E-state index in [-0.39, 0.29) is 0 Å². The third kappa shape index (κ3) is 3.84. The molecular formula is C43H27N3. The highest BCUT2D eigenvalue weighted by atomic mass is 15.0. The summed E-state index contributed by atoms with van der Waals surface area (Å²) in [6, 6.07) is 60.1. The third-order valence-corrected chi connectivity index (χ3v) is 9.16. The average molecular weight is 586 g/mol. The standard InChI is InChI=1S/C43H27N3/c44-28-29-13-11-14-30(27-29)43-36(20-12-26-42(43)46-39-23-8-3-17-33(39)34-18-4-9-24-40(34)46)35-19-5-10-25-41(35)45-37-21-6-1-15-31(37)32-16-2-7-22-38(32)45/h1-27H. The van der Waals surface area contributed by atoms with Crippen LogP contribution in [0, 0.1) is 11.3 Å². The molecular weight excluding hydrogens is 558 g/mol. The number of para-hydroxylation sites is 5. The van der Waals surface area contributed by atoms with E-state index >= 15 is 0 Å². The number of hydrogen-bond donors (Lipinski definition) is 0. The lowest BCUT2D eigenvalue weighted by Crippen LogP contribution is -2.02. The smallest absolute Gasteiger partial charge is 0.0991 e. The zero-order valence-corrected chi connectivity index (χ0v) is 24.9. The van der Waals surface area contributed by atoms with Crippen LogP contribution in [0.2, 0.25) is 0 Å². The average Bonchev–Trinajstić information content (AvgIpc) is 3.64. The third-order valence-electron chi connectivity index (χ3n) is 9.16. The van der Waals surface area contributed by atoms with Gasteiger partial charge in [-0.2, -0.15) is 5.26 Å². The van der Waals surface area contributed by atoms with E-state index in [1.54, 1.807) is 0 Å². The minimum absolute atomic E-state index is 0.635. The van der Waals surface area contributed by atoms with E-state index in [4.69, 9.17) is 0 Å². The largest absolute Gasteiger partial charge is 0.309 e. The van der Waals surface area contributed by atoms with E-state index in [2.05, 4.69) is 161 Å². The molecule has 0 bridgehead atoms. The fourth-order valence-electron chi connectivity index (χ4n) is 7.26. The summed E-state index contributed by atoms with van der Waals surface area (Å²) in [5.74, 6) is 0. The van der Waals surface area contributed by atoms with Gasteiger partial charge in [-0.1, -0.05) is 115 Å². The SMILES string of the molecule is N#Cc1cccc(-c2c(-c3ccccc3-n3c4ccccc4c4ccccc43)cccc2-n2c3ccccc3c3ccccc32)c1. The summed E-state index contributed by atoms with van der Waals surface area (Å²) in [4.78, 5) is 0. The van der Waals surface area contributed by atoms with Crippen molar-refractivity contribution in [1.29, 1.82) is 5.26 Å². The van der Waals surface area contributed by atoms with Crippen LogP contribution in [-0.4, -0.2) is 9.13 Å². The molecule has 3 nitrogen and oxygen atoms in total. The molecule has 0 aliphatic carbocycles. The summed E-state index contributed by atoms with van der Waals surface area (Å²) in [5.41, 5.74) is 11.8. The Labute approximate surface area is 266 Å². The monoisotopic (exact) mass is 585 g/mol. The minimum atomic E-state index is 0.635. The predicted octanol–water partition coefficient (Wildman–Crippen LogP) is 11.1. The summed E-state index contributed by atoms with van der Waals surface area (Å²) >= 11 is 0. The molecule has 7 aromatic carbocycles. The normalized spacial score (nSPS) is 11.5. The first-order chi connectivity index (χ1) is 22.8. The molecule has 2 aromatic heterocycles. The number of nitriles is 1. The van der Waals surface area contributed by atoms with Crippen molar-refractivity contribution in [3.8, 4) is 39.7 Å². The van der Waals surface area contributed by atoms with Gasteiger partial charge in [0.05, 0.1) is 45.1 Å². The lowest BCUT2D eigenvalue weighted by atomic mass is 9.91. The van der Waals surface area contributed by atoms with E-state index in [1.807, 2.05) is 18.2 Å². The molecule has 0 aliphatic rings. The quantitative estimate of drug-likeness (QED) is 0.202. The van der Waals surface area contributed by atoms with Crippen molar-refractivity contribution in [3.05, 3.63) is 169 Å². The molecule has 0 radical (unpaired) electrons. The fourth-order valence-corrected chi connectivity index (χ4v) is 7.26. The molecule has 46 heavy (non-hydrogen) atoms. The van der Waals surface area contributed by atoms with Crippen molar-refractivity contribution >= 4 is 43.6 Å². The number of aromatic nitrogens is 2. The summed E-state index contributed by atoms with van der Waals surface area (Å²) in [6.07, 6.45) is 0. The zero-order chi connectivity index (χ0) is 30.6. The Morgan fingerprint density at radius 1 is 0.391 bits per heavy atom. The first kappa shape index (κ1) is 26.1. The molecule has 2 heterocycles. The highest BCUT2D eigenvalue weighted by Gasteiger charge is 2.22. The van der Waals surface area contributed by atoms with E-state index in [0.717, 1.165) is 44.7 Å². The van der Waals surface area contributed by atoms with Crippen molar-refractivity contribution < 1.29 is 0 Å². The Bertz CT molecular complexity index is 2560.